The van der Waals surface area contributed by atoms with E-state index in [2.05, 4.69) is 6.58 Å². The molecular formula is C7H13NO2S. The maximum atomic E-state index is 10.4. The van der Waals surface area contributed by atoms with Crippen LogP contribution in [0.3, 0.4) is 0 Å². The highest BCUT2D eigenvalue weighted by atomic mass is 32.2. The fourth-order valence-electron chi connectivity index (χ4n) is 0.600. The molecule has 1 unspecified atom stereocenters. The van der Waals surface area contributed by atoms with E-state index in [0.29, 0.717) is 0 Å². The zero-order valence-corrected chi connectivity index (χ0v) is 7.52. The van der Waals surface area contributed by atoms with E-state index in [1.807, 2.05) is 6.26 Å². The van der Waals surface area contributed by atoms with Crippen molar-refractivity contribution in [1.82, 2.24) is 0 Å². The first kappa shape index (κ1) is 10.5. The minimum absolute atomic E-state index is 0.178. The Morgan fingerprint density at radius 3 is 2.45 bits per heavy atom. The smallest absolute Gasteiger partial charge is 0.321 e. The van der Waals surface area contributed by atoms with E-state index in [1.54, 1.807) is 6.92 Å². The van der Waals surface area contributed by atoms with Gasteiger partial charge >= 0.3 is 5.97 Å². The fraction of sp³-hybridized carbons (Fsp3) is 0.571. The van der Waals surface area contributed by atoms with E-state index >= 15 is 0 Å². The Kier molecular flexibility index (Phi) is 4.22. The molecule has 4 heteroatoms. The SMILES string of the molecule is C=C(SC)C(C)[C@H](N)C(=O)O. The number of thioether (sulfide) groups is 1. The summed E-state index contributed by atoms with van der Waals surface area (Å²) < 4.78 is 0. The van der Waals surface area contributed by atoms with Gasteiger partial charge in [-0.05, 0) is 11.2 Å². The van der Waals surface area contributed by atoms with Crippen molar-refractivity contribution >= 4 is 17.7 Å². The van der Waals surface area contributed by atoms with Gasteiger partial charge in [0.25, 0.3) is 0 Å². The molecular weight excluding hydrogens is 162 g/mol. The number of aliphatic carboxylic acids is 1. The average Bonchev–Trinajstić information content (AvgIpc) is 2.00. The average molecular weight is 175 g/mol. The summed E-state index contributed by atoms with van der Waals surface area (Å²) in [5.41, 5.74) is 5.36. The van der Waals surface area contributed by atoms with Gasteiger partial charge in [0.05, 0.1) is 0 Å². The highest BCUT2D eigenvalue weighted by Crippen LogP contribution is 2.21. The monoisotopic (exact) mass is 175 g/mol. The molecule has 0 amide bonds. The van der Waals surface area contributed by atoms with Gasteiger partial charge in [0, 0.05) is 5.92 Å². The van der Waals surface area contributed by atoms with Crippen LogP contribution in [-0.2, 0) is 4.79 Å². The predicted molar refractivity (Wildman–Crippen MR) is 47.4 cm³/mol. The molecule has 0 aliphatic rings. The van der Waals surface area contributed by atoms with Crippen LogP contribution in [0.1, 0.15) is 6.92 Å². The number of hydrogen-bond donors (Lipinski definition) is 2. The van der Waals surface area contributed by atoms with Crippen molar-refractivity contribution in [3.63, 3.8) is 0 Å². The van der Waals surface area contributed by atoms with Crippen molar-refractivity contribution in [2.24, 2.45) is 11.7 Å². The van der Waals surface area contributed by atoms with Crippen LogP contribution in [0, 0.1) is 5.92 Å². The van der Waals surface area contributed by atoms with E-state index in [-0.39, 0.29) is 5.92 Å². The van der Waals surface area contributed by atoms with Crippen LogP contribution in [-0.4, -0.2) is 23.4 Å². The van der Waals surface area contributed by atoms with Gasteiger partial charge in [-0.1, -0.05) is 13.5 Å². The molecule has 64 valence electrons. The van der Waals surface area contributed by atoms with E-state index in [1.165, 1.54) is 11.8 Å². The quantitative estimate of drug-likeness (QED) is 0.666. The van der Waals surface area contributed by atoms with Crippen LogP contribution in [0.5, 0.6) is 0 Å². The Morgan fingerprint density at radius 1 is 1.73 bits per heavy atom. The molecule has 2 atom stereocenters. The molecule has 0 aliphatic carbocycles. The summed E-state index contributed by atoms with van der Waals surface area (Å²) in [6, 6.07) is -0.838. The van der Waals surface area contributed by atoms with Gasteiger partial charge in [-0.15, -0.1) is 11.8 Å². The molecule has 11 heavy (non-hydrogen) atoms. The largest absolute Gasteiger partial charge is 0.480 e. The molecule has 0 saturated carbocycles. The molecule has 3 N–H and O–H groups in total. The molecule has 3 nitrogen and oxygen atoms in total. The molecule has 0 aliphatic heterocycles. The van der Waals surface area contributed by atoms with Crippen LogP contribution in [0.4, 0.5) is 0 Å². The zero-order chi connectivity index (χ0) is 9.02. The minimum atomic E-state index is -0.979. The third kappa shape index (κ3) is 2.95. The topological polar surface area (TPSA) is 63.3 Å². The first-order valence-electron chi connectivity index (χ1n) is 3.22. The highest BCUT2D eigenvalue weighted by molar-refractivity contribution is 8.02. The van der Waals surface area contributed by atoms with Gasteiger partial charge in [0.2, 0.25) is 0 Å². The molecule has 0 rings (SSSR count). The molecule has 0 radical (unpaired) electrons. The zero-order valence-electron chi connectivity index (χ0n) is 6.70. The second kappa shape index (κ2) is 4.41. The number of carboxylic acids is 1. The molecule has 0 bridgehead atoms. The number of hydrogen-bond acceptors (Lipinski definition) is 3. The van der Waals surface area contributed by atoms with Gasteiger partial charge in [0.15, 0.2) is 0 Å². The third-order valence-corrected chi connectivity index (χ3v) is 2.49. The summed E-state index contributed by atoms with van der Waals surface area (Å²) in [6.45, 7) is 5.46. The highest BCUT2D eigenvalue weighted by Gasteiger charge is 2.21. The van der Waals surface area contributed by atoms with E-state index in [4.69, 9.17) is 10.8 Å². The predicted octanol–water partition coefficient (Wildman–Crippen LogP) is 0.911. The lowest BCUT2D eigenvalue weighted by atomic mass is 10.0. The summed E-state index contributed by atoms with van der Waals surface area (Å²) in [7, 11) is 0. The van der Waals surface area contributed by atoms with E-state index in [0.717, 1.165) is 4.91 Å². The third-order valence-electron chi connectivity index (χ3n) is 1.59. The Labute approximate surface area is 70.7 Å². The van der Waals surface area contributed by atoms with Crippen molar-refractivity contribution in [1.29, 1.82) is 0 Å². The fourth-order valence-corrected chi connectivity index (χ4v) is 1.12. The van der Waals surface area contributed by atoms with Crippen LogP contribution in [0.2, 0.25) is 0 Å². The Bertz CT molecular complexity index is 170. The maximum Gasteiger partial charge on any atom is 0.321 e. The second-order valence-electron chi connectivity index (χ2n) is 2.32. The summed E-state index contributed by atoms with van der Waals surface area (Å²) in [5.74, 6) is -1.16. The van der Waals surface area contributed by atoms with E-state index in [9.17, 15) is 4.79 Å². The van der Waals surface area contributed by atoms with Crippen LogP contribution in [0.25, 0.3) is 0 Å². The summed E-state index contributed by atoms with van der Waals surface area (Å²) in [6.07, 6.45) is 1.85. The van der Waals surface area contributed by atoms with Crippen LogP contribution < -0.4 is 5.73 Å². The molecule has 0 aromatic heterocycles. The Hall–Kier alpha value is -0.480. The van der Waals surface area contributed by atoms with Crippen molar-refractivity contribution in [3.8, 4) is 0 Å². The molecule has 0 spiro atoms. The van der Waals surface area contributed by atoms with Gasteiger partial charge in [-0.25, -0.2) is 0 Å². The van der Waals surface area contributed by atoms with Crippen molar-refractivity contribution < 1.29 is 9.90 Å². The first-order chi connectivity index (χ1) is 5.00. The van der Waals surface area contributed by atoms with E-state index < -0.39 is 12.0 Å². The van der Waals surface area contributed by atoms with Crippen molar-refractivity contribution in [2.75, 3.05) is 6.26 Å². The molecule has 0 aromatic rings. The lowest BCUT2D eigenvalue weighted by Crippen LogP contribution is -2.36. The maximum absolute atomic E-state index is 10.4. The Balaban J connectivity index is 4.12. The number of nitrogens with two attached hydrogens (primary N) is 1. The lowest BCUT2D eigenvalue weighted by molar-refractivity contribution is -0.139. The number of carbonyl (C=O) groups is 1. The van der Waals surface area contributed by atoms with Gasteiger partial charge in [-0.3, -0.25) is 4.79 Å². The summed E-state index contributed by atoms with van der Waals surface area (Å²) in [4.78, 5) is 11.2. The normalized spacial score (nSPS) is 15.5. The number of rotatable bonds is 4. The second-order valence-corrected chi connectivity index (χ2v) is 3.26. The van der Waals surface area contributed by atoms with Gasteiger partial charge in [0.1, 0.15) is 6.04 Å². The Morgan fingerprint density at radius 2 is 2.18 bits per heavy atom. The molecule has 0 saturated heterocycles. The summed E-state index contributed by atoms with van der Waals surface area (Å²) in [5, 5.41) is 8.52. The standard InChI is InChI=1S/C7H13NO2S/c1-4(5(2)11-3)6(8)7(9)10/h4,6H,2,8H2,1,3H3,(H,9,10)/t4?,6-/m0/s1. The lowest BCUT2D eigenvalue weighted by Gasteiger charge is -2.16. The van der Waals surface area contributed by atoms with Crippen molar-refractivity contribution in [3.05, 3.63) is 11.5 Å². The molecule has 0 heterocycles. The van der Waals surface area contributed by atoms with Gasteiger partial charge < -0.3 is 10.8 Å². The van der Waals surface area contributed by atoms with Gasteiger partial charge in [-0.2, -0.15) is 0 Å². The molecule has 0 fully saturated rings. The molecule has 0 aromatic carbocycles. The van der Waals surface area contributed by atoms with Crippen molar-refractivity contribution in [2.45, 2.75) is 13.0 Å². The number of carboxylic acid groups (broad SMARTS) is 1. The first-order valence-corrected chi connectivity index (χ1v) is 4.44. The van der Waals surface area contributed by atoms with Crippen LogP contribution in [0.15, 0.2) is 11.5 Å². The van der Waals surface area contributed by atoms with Crippen LogP contribution >= 0.6 is 11.8 Å². The summed E-state index contributed by atoms with van der Waals surface area (Å²) >= 11 is 1.44. The minimum Gasteiger partial charge on any atom is -0.480 e.